The molecule has 0 spiro atoms. The van der Waals surface area contributed by atoms with E-state index in [1.54, 1.807) is 11.5 Å². The van der Waals surface area contributed by atoms with Gasteiger partial charge in [-0.15, -0.1) is 0 Å². The van der Waals surface area contributed by atoms with Crippen LogP contribution in [0.15, 0.2) is 6.33 Å². The van der Waals surface area contributed by atoms with Crippen molar-refractivity contribution >= 4 is 28.6 Å². The van der Waals surface area contributed by atoms with Gasteiger partial charge in [0.2, 0.25) is 5.28 Å². The lowest BCUT2D eigenvalue weighted by Crippen LogP contribution is -2.38. The summed E-state index contributed by atoms with van der Waals surface area (Å²) in [6.45, 7) is 3.35. The molecule has 2 aromatic rings. The Morgan fingerprint density at radius 3 is 2.68 bits per heavy atom. The standard InChI is InChI=1S/C13H18ClN5O3/c1-5-7(8(21)9(22)13(5,2)3-20)19-4-16-6-10(15)17-12(14)18-11(6)19/h4-5,7-9,20-22H,3H2,1-2H3,(H2,15,17,18)/t5-,7-,8+,9+,13+/m1/s1. The summed E-state index contributed by atoms with van der Waals surface area (Å²) < 4.78 is 1.64. The lowest BCUT2D eigenvalue weighted by atomic mass is 9.79. The highest BCUT2D eigenvalue weighted by molar-refractivity contribution is 6.28. The molecule has 2 aromatic heterocycles. The van der Waals surface area contributed by atoms with Crippen LogP contribution in [0.4, 0.5) is 5.82 Å². The molecule has 0 radical (unpaired) electrons. The number of anilines is 1. The number of fused-ring (bicyclic) bond motifs is 1. The molecule has 22 heavy (non-hydrogen) atoms. The molecule has 1 aliphatic rings. The van der Waals surface area contributed by atoms with Crippen LogP contribution in [0.25, 0.3) is 11.2 Å². The van der Waals surface area contributed by atoms with E-state index >= 15 is 0 Å². The predicted molar refractivity (Wildman–Crippen MR) is 80.2 cm³/mol. The number of nitrogens with zero attached hydrogens (tertiary/aromatic N) is 4. The molecule has 0 saturated heterocycles. The summed E-state index contributed by atoms with van der Waals surface area (Å²) in [4.78, 5) is 12.1. The Hall–Kier alpha value is -1.48. The second-order valence-corrected chi connectivity index (χ2v) is 6.42. The Morgan fingerprint density at radius 1 is 1.41 bits per heavy atom. The van der Waals surface area contributed by atoms with Gasteiger partial charge >= 0.3 is 0 Å². The molecule has 120 valence electrons. The van der Waals surface area contributed by atoms with Gasteiger partial charge in [0.15, 0.2) is 11.5 Å². The topological polar surface area (TPSA) is 130 Å². The van der Waals surface area contributed by atoms with E-state index in [1.165, 1.54) is 6.33 Å². The second kappa shape index (κ2) is 5.02. The summed E-state index contributed by atoms with van der Waals surface area (Å²) >= 11 is 5.85. The molecule has 1 aliphatic carbocycles. The van der Waals surface area contributed by atoms with Crippen LogP contribution < -0.4 is 5.73 Å². The zero-order valence-corrected chi connectivity index (χ0v) is 12.9. The van der Waals surface area contributed by atoms with Gasteiger partial charge in [0, 0.05) is 5.41 Å². The van der Waals surface area contributed by atoms with Crippen molar-refractivity contribution in [1.29, 1.82) is 0 Å². The van der Waals surface area contributed by atoms with Crippen LogP contribution in [0.2, 0.25) is 5.28 Å². The highest BCUT2D eigenvalue weighted by Crippen LogP contribution is 2.49. The van der Waals surface area contributed by atoms with Gasteiger partial charge in [-0.2, -0.15) is 9.97 Å². The zero-order valence-electron chi connectivity index (χ0n) is 12.2. The summed E-state index contributed by atoms with van der Waals surface area (Å²) in [6, 6.07) is -0.512. The number of rotatable bonds is 2. The maximum Gasteiger partial charge on any atom is 0.226 e. The largest absolute Gasteiger partial charge is 0.396 e. The third kappa shape index (κ3) is 1.91. The molecule has 1 saturated carbocycles. The van der Waals surface area contributed by atoms with Crippen molar-refractivity contribution in [2.45, 2.75) is 32.1 Å². The van der Waals surface area contributed by atoms with Gasteiger partial charge in [-0.25, -0.2) is 4.98 Å². The third-order valence-electron chi connectivity index (χ3n) is 4.98. The average Bonchev–Trinajstić information content (AvgIpc) is 2.95. The first-order chi connectivity index (χ1) is 10.3. The fraction of sp³-hybridized carbons (Fsp3) is 0.615. The third-order valence-corrected chi connectivity index (χ3v) is 5.15. The molecule has 0 aliphatic heterocycles. The number of nitrogen functional groups attached to an aromatic ring is 1. The summed E-state index contributed by atoms with van der Waals surface area (Å²) in [7, 11) is 0. The highest BCUT2D eigenvalue weighted by Gasteiger charge is 2.55. The molecule has 0 unspecified atom stereocenters. The van der Waals surface area contributed by atoms with Gasteiger partial charge < -0.3 is 25.6 Å². The minimum absolute atomic E-state index is 0.0163. The van der Waals surface area contributed by atoms with Crippen molar-refractivity contribution in [2.75, 3.05) is 12.3 Å². The van der Waals surface area contributed by atoms with E-state index < -0.39 is 23.7 Å². The van der Waals surface area contributed by atoms with Crippen LogP contribution in [0.5, 0.6) is 0 Å². The zero-order chi connectivity index (χ0) is 16.2. The highest BCUT2D eigenvalue weighted by atomic mass is 35.5. The van der Waals surface area contributed by atoms with E-state index in [1.807, 2.05) is 6.92 Å². The van der Waals surface area contributed by atoms with Gasteiger partial charge in [-0.1, -0.05) is 13.8 Å². The molecular formula is C13H18ClN5O3. The molecule has 2 heterocycles. The molecule has 0 bridgehead atoms. The quantitative estimate of drug-likeness (QED) is 0.570. The maximum absolute atomic E-state index is 10.4. The monoisotopic (exact) mass is 327 g/mol. The molecule has 5 N–H and O–H groups in total. The molecule has 5 atom stereocenters. The van der Waals surface area contributed by atoms with Crippen LogP contribution in [-0.4, -0.2) is 53.7 Å². The molecular weight excluding hydrogens is 310 g/mol. The number of hydrogen-bond acceptors (Lipinski definition) is 7. The van der Waals surface area contributed by atoms with E-state index in [4.69, 9.17) is 17.3 Å². The Kier molecular flexibility index (Phi) is 3.52. The number of aliphatic hydroxyl groups excluding tert-OH is 3. The summed E-state index contributed by atoms with van der Waals surface area (Å²) in [5, 5.41) is 30.4. The molecule has 0 amide bonds. The van der Waals surface area contributed by atoms with Gasteiger partial charge in [0.1, 0.15) is 11.6 Å². The molecule has 1 fully saturated rings. The Bertz CT molecular complexity index is 723. The van der Waals surface area contributed by atoms with Gasteiger partial charge in [0.05, 0.1) is 25.1 Å². The van der Waals surface area contributed by atoms with E-state index in [-0.39, 0.29) is 23.6 Å². The van der Waals surface area contributed by atoms with E-state index in [9.17, 15) is 15.3 Å². The minimum atomic E-state index is -1.07. The fourth-order valence-electron chi connectivity index (χ4n) is 3.30. The van der Waals surface area contributed by atoms with Crippen molar-refractivity contribution in [3.8, 4) is 0 Å². The van der Waals surface area contributed by atoms with Crippen LogP contribution in [0, 0.1) is 11.3 Å². The van der Waals surface area contributed by atoms with Crippen LogP contribution in [0.1, 0.15) is 19.9 Å². The van der Waals surface area contributed by atoms with Crippen molar-refractivity contribution in [2.24, 2.45) is 11.3 Å². The van der Waals surface area contributed by atoms with Gasteiger partial charge in [-0.05, 0) is 17.5 Å². The Balaban J connectivity index is 2.16. The lowest BCUT2D eigenvalue weighted by Gasteiger charge is -2.31. The molecule has 3 rings (SSSR count). The summed E-state index contributed by atoms with van der Waals surface area (Å²) in [5.74, 6) is -0.0748. The first-order valence-corrected chi connectivity index (χ1v) is 7.31. The number of hydrogen-bond donors (Lipinski definition) is 4. The van der Waals surface area contributed by atoms with Crippen molar-refractivity contribution in [3.63, 3.8) is 0 Å². The van der Waals surface area contributed by atoms with E-state index in [2.05, 4.69) is 15.0 Å². The van der Waals surface area contributed by atoms with Crippen LogP contribution in [-0.2, 0) is 0 Å². The number of aliphatic hydroxyl groups is 3. The number of aromatic nitrogens is 4. The number of imidazole rings is 1. The van der Waals surface area contributed by atoms with E-state index in [0.717, 1.165) is 0 Å². The van der Waals surface area contributed by atoms with Crippen LogP contribution >= 0.6 is 11.6 Å². The minimum Gasteiger partial charge on any atom is -0.396 e. The van der Waals surface area contributed by atoms with Crippen molar-refractivity contribution < 1.29 is 15.3 Å². The number of halogens is 1. The lowest BCUT2D eigenvalue weighted by molar-refractivity contribution is -0.0470. The first kappa shape index (κ1) is 15.4. The van der Waals surface area contributed by atoms with Crippen molar-refractivity contribution in [3.05, 3.63) is 11.6 Å². The molecule has 0 aromatic carbocycles. The molecule has 9 heteroatoms. The summed E-state index contributed by atoms with van der Waals surface area (Å²) in [5.41, 5.74) is 5.73. The fourth-order valence-corrected chi connectivity index (χ4v) is 3.48. The average molecular weight is 328 g/mol. The van der Waals surface area contributed by atoms with Gasteiger partial charge in [-0.3, -0.25) is 0 Å². The predicted octanol–water partition coefficient (Wildman–Crippen LogP) is -0.0269. The Labute approximate surface area is 131 Å². The van der Waals surface area contributed by atoms with E-state index in [0.29, 0.717) is 11.2 Å². The number of nitrogens with two attached hydrogens (primary N) is 1. The smallest absolute Gasteiger partial charge is 0.226 e. The normalized spacial score (nSPS) is 35.4. The maximum atomic E-state index is 10.4. The molecule has 8 nitrogen and oxygen atoms in total. The second-order valence-electron chi connectivity index (χ2n) is 6.08. The van der Waals surface area contributed by atoms with Crippen LogP contribution in [0.3, 0.4) is 0 Å². The summed E-state index contributed by atoms with van der Waals surface area (Å²) in [6.07, 6.45) is -0.643. The van der Waals surface area contributed by atoms with Crippen molar-refractivity contribution in [1.82, 2.24) is 19.5 Å². The SMILES string of the molecule is C[C@@H]1[C@@H](n2cnc3c(N)nc(Cl)nc32)[C@H](O)[C@H](O)[C@@]1(C)CO. The van der Waals surface area contributed by atoms with Gasteiger partial charge in [0.25, 0.3) is 0 Å². The Morgan fingerprint density at radius 2 is 2.09 bits per heavy atom. The first-order valence-electron chi connectivity index (χ1n) is 6.93.